The predicted molar refractivity (Wildman–Crippen MR) is 118 cm³/mol. The van der Waals surface area contributed by atoms with Crippen molar-refractivity contribution < 1.29 is 50.4 Å². The van der Waals surface area contributed by atoms with Gasteiger partial charge in [0.05, 0.1) is 23.3 Å². The second kappa shape index (κ2) is 7.93. The van der Waals surface area contributed by atoms with Crippen LogP contribution in [0.5, 0.6) is 0 Å². The average molecular weight is 546 g/mol. The van der Waals surface area contributed by atoms with Crippen molar-refractivity contribution in [2.24, 2.45) is 46.8 Å². The van der Waals surface area contributed by atoms with Crippen LogP contribution in [0.2, 0.25) is 0 Å². The third kappa shape index (κ3) is 3.59. The molecule has 0 aromatic heterocycles. The zero-order valence-electron chi connectivity index (χ0n) is 20.2. The molecule has 7 fully saturated rings. The number of hydrogen-bond acceptors (Lipinski definition) is 8. The highest BCUT2D eigenvalue weighted by molar-refractivity contribution is 7.86. The Balaban J connectivity index is 1.26. The van der Waals surface area contributed by atoms with E-state index < -0.39 is 81.0 Å². The van der Waals surface area contributed by atoms with Crippen molar-refractivity contribution in [1.82, 2.24) is 4.90 Å². The molecule has 10 nitrogen and oxygen atoms in total. The molecule has 6 saturated carbocycles. The van der Waals surface area contributed by atoms with Gasteiger partial charge in [-0.25, -0.2) is 0 Å². The number of ether oxygens (including phenoxy) is 2. The quantitative estimate of drug-likeness (QED) is 0.390. The molecule has 37 heavy (non-hydrogen) atoms. The van der Waals surface area contributed by atoms with Crippen LogP contribution in [0.25, 0.3) is 0 Å². The zero-order valence-corrected chi connectivity index (χ0v) is 21.0. The van der Waals surface area contributed by atoms with Gasteiger partial charge in [0.15, 0.2) is 6.61 Å². The van der Waals surface area contributed by atoms with Crippen LogP contribution in [0.15, 0.2) is 0 Å². The largest absolute Gasteiger partial charge is 0.459 e. The number of imide groups is 1. The SMILES string of the molecule is CC(=O)N1C(=O)C2C3CC(C(OC(=O)C45CC6CC(CC(C6)C4)C5)C31)C2C(=O)OCC(F)(F)S(=O)(=O)O. The molecule has 1 heterocycles. The van der Waals surface area contributed by atoms with Crippen LogP contribution in [0.4, 0.5) is 8.78 Å². The van der Waals surface area contributed by atoms with Crippen molar-refractivity contribution in [2.75, 3.05) is 6.61 Å². The van der Waals surface area contributed by atoms with Crippen LogP contribution in [-0.2, 0) is 38.8 Å². The normalized spacial score (nSPS) is 43.4. The van der Waals surface area contributed by atoms with Gasteiger partial charge in [-0.05, 0) is 68.6 Å². The number of fused-ring (bicyclic) bond motifs is 1. The average Bonchev–Trinajstić information content (AvgIpc) is 3.38. The first-order chi connectivity index (χ1) is 17.2. The van der Waals surface area contributed by atoms with Gasteiger partial charge >= 0.3 is 27.3 Å². The van der Waals surface area contributed by atoms with Gasteiger partial charge in [0.2, 0.25) is 11.8 Å². The molecule has 6 bridgehead atoms. The highest BCUT2D eigenvalue weighted by Gasteiger charge is 2.72. The Morgan fingerprint density at radius 3 is 2.14 bits per heavy atom. The van der Waals surface area contributed by atoms with E-state index in [9.17, 15) is 36.4 Å². The van der Waals surface area contributed by atoms with Gasteiger partial charge < -0.3 is 9.47 Å². The summed E-state index contributed by atoms with van der Waals surface area (Å²) in [6, 6.07) is -0.735. The highest BCUT2D eigenvalue weighted by atomic mass is 32.2. The summed E-state index contributed by atoms with van der Waals surface area (Å²) in [6.07, 6.45) is 4.82. The Hall–Kier alpha value is -2.15. The summed E-state index contributed by atoms with van der Waals surface area (Å²) in [7, 11) is -5.82. The summed E-state index contributed by atoms with van der Waals surface area (Å²) in [5.74, 6) is -4.96. The van der Waals surface area contributed by atoms with Gasteiger partial charge in [-0.3, -0.25) is 28.6 Å². The van der Waals surface area contributed by atoms with E-state index in [0.717, 1.165) is 43.4 Å². The molecule has 1 aliphatic heterocycles. The van der Waals surface area contributed by atoms with E-state index in [1.54, 1.807) is 0 Å². The molecule has 2 amide bonds. The smallest absolute Gasteiger partial charge is 0.402 e. The number of alkyl halides is 2. The van der Waals surface area contributed by atoms with E-state index in [1.807, 2.05) is 0 Å². The molecule has 204 valence electrons. The van der Waals surface area contributed by atoms with Gasteiger partial charge in [0.25, 0.3) is 0 Å². The van der Waals surface area contributed by atoms with E-state index in [2.05, 4.69) is 4.74 Å². The highest BCUT2D eigenvalue weighted by Crippen LogP contribution is 2.63. The molecule has 7 rings (SSSR count). The lowest BCUT2D eigenvalue weighted by Gasteiger charge is -2.55. The van der Waals surface area contributed by atoms with E-state index in [4.69, 9.17) is 9.29 Å². The van der Waals surface area contributed by atoms with E-state index in [-0.39, 0.29) is 12.4 Å². The molecule has 1 N–H and O–H groups in total. The molecular formula is C24H29F2NO9S. The summed E-state index contributed by atoms with van der Waals surface area (Å²) in [5.41, 5.74) is -0.618. The lowest BCUT2D eigenvalue weighted by atomic mass is 9.49. The predicted octanol–water partition coefficient (Wildman–Crippen LogP) is 1.78. The number of hydrogen-bond donors (Lipinski definition) is 1. The maximum atomic E-state index is 13.7. The van der Waals surface area contributed by atoms with Crippen LogP contribution in [0.3, 0.4) is 0 Å². The number of carbonyl (C=O) groups is 4. The van der Waals surface area contributed by atoms with E-state index in [1.165, 1.54) is 6.92 Å². The molecule has 13 heteroatoms. The van der Waals surface area contributed by atoms with Crippen molar-refractivity contribution >= 4 is 33.9 Å². The number of carbonyl (C=O) groups excluding carboxylic acids is 4. The van der Waals surface area contributed by atoms with Crippen molar-refractivity contribution in [3.05, 3.63) is 0 Å². The Morgan fingerprint density at radius 1 is 1.05 bits per heavy atom. The van der Waals surface area contributed by atoms with E-state index in [0.29, 0.717) is 17.8 Å². The molecule has 0 radical (unpaired) electrons. The minimum atomic E-state index is -5.82. The first-order valence-corrected chi connectivity index (χ1v) is 14.2. The number of esters is 2. The minimum Gasteiger partial charge on any atom is -0.459 e. The molecule has 6 aliphatic carbocycles. The standard InChI is InChI=1S/C24H29F2NO9S/c1-10(28)27-18-14-5-15(17(16(14)20(27)29)21(30)35-9-24(25,26)37(32,33)34)19(18)36-22(31)23-6-11-2-12(7-23)4-13(3-11)8-23/h11-19H,2-9H2,1H3,(H,32,33,34). The van der Waals surface area contributed by atoms with Crippen molar-refractivity contribution in [2.45, 2.75) is 69.3 Å². The molecular weight excluding hydrogens is 516 g/mol. The molecule has 0 aromatic rings. The fraction of sp³-hybridized carbons (Fsp3) is 0.833. The van der Waals surface area contributed by atoms with Crippen molar-refractivity contribution in [1.29, 1.82) is 0 Å². The number of likely N-dealkylation sites (tertiary alicyclic amines) is 1. The molecule has 6 atom stereocenters. The maximum Gasteiger partial charge on any atom is 0.402 e. The van der Waals surface area contributed by atoms with Gasteiger partial charge in [-0.1, -0.05) is 0 Å². The Labute approximate surface area is 212 Å². The zero-order chi connectivity index (χ0) is 26.7. The molecule has 1 saturated heterocycles. The van der Waals surface area contributed by atoms with Crippen molar-refractivity contribution in [3.8, 4) is 0 Å². The third-order valence-electron chi connectivity index (χ3n) is 9.96. The van der Waals surface area contributed by atoms with Crippen molar-refractivity contribution in [3.63, 3.8) is 0 Å². The number of rotatable bonds is 6. The molecule has 7 aliphatic rings. The number of amides is 2. The summed E-state index contributed by atoms with van der Waals surface area (Å²) in [5, 5.41) is -4.72. The molecule has 6 unspecified atom stereocenters. The van der Waals surface area contributed by atoms with Gasteiger partial charge in [-0.15, -0.1) is 0 Å². The second-order valence-corrected chi connectivity index (χ2v) is 13.7. The van der Waals surface area contributed by atoms with Gasteiger partial charge in [-0.2, -0.15) is 17.2 Å². The summed E-state index contributed by atoms with van der Waals surface area (Å²) in [4.78, 5) is 53.2. The summed E-state index contributed by atoms with van der Waals surface area (Å²) >= 11 is 0. The first-order valence-electron chi connectivity index (χ1n) is 12.8. The fourth-order valence-electron chi connectivity index (χ4n) is 9.09. The monoisotopic (exact) mass is 545 g/mol. The Bertz CT molecular complexity index is 1150. The Morgan fingerprint density at radius 2 is 1.62 bits per heavy atom. The maximum absolute atomic E-state index is 13.7. The minimum absolute atomic E-state index is 0.262. The summed E-state index contributed by atoms with van der Waals surface area (Å²) < 4.78 is 68.6. The van der Waals surface area contributed by atoms with E-state index >= 15 is 0 Å². The van der Waals surface area contributed by atoms with Gasteiger partial charge in [0, 0.05) is 12.8 Å². The third-order valence-corrected chi connectivity index (χ3v) is 10.8. The van der Waals surface area contributed by atoms with Crippen LogP contribution in [0.1, 0.15) is 51.9 Å². The Kier molecular flexibility index (Phi) is 5.39. The summed E-state index contributed by atoms with van der Waals surface area (Å²) in [6.45, 7) is -0.717. The van der Waals surface area contributed by atoms with Crippen LogP contribution in [-0.4, -0.2) is 65.6 Å². The number of halogens is 2. The first kappa shape index (κ1) is 25.1. The van der Waals surface area contributed by atoms with Crippen LogP contribution < -0.4 is 0 Å². The number of nitrogens with zero attached hydrogens (tertiary/aromatic N) is 1. The van der Waals surface area contributed by atoms with Crippen LogP contribution >= 0.6 is 0 Å². The molecule has 0 aromatic carbocycles. The lowest BCUT2D eigenvalue weighted by molar-refractivity contribution is -0.185. The second-order valence-electron chi connectivity index (χ2n) is 12.1. The topological polar surface area (TPSA) is 144 Å². The molecule has 0 spiro atoms. The fourth-order valence-corrected chi connectivity index (χ4v) is 9.30. The van der Waals surface area contributed by atoms with Gasteiger partial charge in [0.1, 0.15) is 6.10 Å². The lowest BCUT2D eigenvalue weighted by Crippen LogP contribution is -2.54. The van der Waals surface area contributed by atoms with Crippen LogP contribution in [0, 0.1) is 46.8 Å².